The monoisotopic (exact) mass is 442 g/mol. The van der Waals surface area contributed by atoms with Crippen LogP contribution in [0.1, 0.15) is 31.2 Å². The molecule has 2 aliphatic rings. The van der Waals surface area contributed by atoms with Crippen molar-refractivity contribution in [1.82, 2.24) is 0 Å². The van der Waals surface area contributed by atoms with Gasteiger partial charge in [0.1, 0.15) is 0 Å². The first kappa shape index (κ1) is 19.1. The summed E-state index contributed by atoms with van der Waals surface area (Å²) in [5.41, 5.74) is -1.13. The summed E-state index contributed by atoms with van der Waals surface area (Å²) in [6.07, 6.45) is -2.48. The van der Waals surface area contributed by atoms with E-state index in [9.17, 15) is 21.6 Å². The Hall–Kier alpha value is -0.640. The van der Waals surface area contributed by atoms with Crippen LogP contribution in [-0.2, 0) is 25.5 Å². The number of ether oxygens (including phenoxy) is 2. The fourth-order valence-electron chi connectivity index (χ4n) is 3.46. The predicted octanol–water partition coefficient (Wildman–Crippen LogP) is 4.17. The maximum absolute atomic E-state index is 13.2. The second-order valence-corrected chi connectivity index (χ2v) is 9.39. The standard InChI is InChI=1S/C16H18BrF3O4S/c17-12-1-2-14(13(9-12)16(18,19)20)25(21,22)10-11-3-5-15(6-4-11)23-7-8-24-15/h1-2,9,11H,3-8,10H2. The second-order valence-electron chi connectivity index (χ2n) is 6.47. The highest BCUT2D eigenvalue weighted by Gasteiger charge is 2.42. The van der Waals surface area contributed by atoms with Crippen LogP contribution in [-0.4, -0.2) is 33.2 Å². The molecule has 1 saturated heterocycles. The summed E-state index contributed by atoms with van der Waals surface area (Å²) in [4.78, 5) is -0.656. The number of hydrogen-bond donors (Lipinski definition) is 0. The molecule has 1 heterocycles. The lowest BCUT2D eigenvalue weighted by molar-refractivity contribution is -0.181. The Morgan fingerprint density at radius 1 is 1.16 bits per heavy atom. The molecular weight excluding hydrogens is 425 g/mol. The Kier molecular flexibility index (Phi) is 5.22. The summed E-state index contributed by atoms with van der Waals surface area (Å²) in [6, 6.07) is 3.15. The predicted molar refractivity (Wildman–Crippen MR) is 87.8 cm³/mol. The van der Waals surface area contributed by atoms with Gasteiger partial charge in [0.2, 0.25) is 0 Å². The molecule has 9 heteroatoms. The molecule has 0 atom stereocenters. The van der Waals surface area contributed by atoms with Crippen molar-refractivity contribution in [1.29, 1.82) is 0 Å². The van der Waals surface area contributed by atoms with Crippen LogP contribution in [0.25, 0.3) is 0 Å². The van der Waals surface area contributed by atoms with Crippen molar-refractivity contribution in [3.05, 3.63) is 28.2 Å². The lowest BCUT2D eigenvalue weighted by Crippen LogP contribution is -2.36. The molecule has 0 bridgehead atoms. The minimum atomic E-state index is -4.73. The van der Waals surface area contributed by atoms with E-state index in [1.807, 2.05) is 0 Å². The van der Waals surface area contributed by atoms with Crippen LogP contribution >= 0.6 is 15.9 Å². The average molecular weight is 443 g/mol. The molecule has 1 aromatic carbocycles. The minimum Gasteiger partial charge on any atom is -0.348 e. The molecule has 25 heavy (non-hydrogen) atoms. The van der Waals surface area contributed by atoms with E-state index in [-0.39, 0.29) is 16.1 Å². The van der Waals surface area contributed by atoms with Gasteiger partial charge in [0.05, 0.1) is 29.4 Å². The van der Waals surface area contributed by atoms with Crippen molar-refractivity contribution >= 4 is 25.8 Å². The number of sulfone groups is 1. The third-order valence-corrected chi connectivity index (χ3v) is 7.15. The first-order valence-electron chi connectivity index (χ1n) is 7.99. The van der Waals surface area contributed by atoms with E-state index in [2.05, 4.69) is 15.9 Å². The van der Waals surface area contributed by atoms with Crippen molar-refractivity contribution in [2.24, 2.45) is 5.92 Å². The third kappa shape index (κ3) is 4.20. The topological polar surface area (TPSA) is 52.6 Å². The Balaban J connectivity index is 1.77. The van der Waals surface area contributed by atoms with E-state index in [1.165, 1.54) is 6.07 Å². The summed E-state index contributed by atoms with van der Waals surface area (Å²) < 4.78 is 76.3. The lowest BCUT2D eigenvalue weighted by atomic mass is 9.86. The molecule has 0 amide bonds. The van der Waals surface area contributed by atoms with E-state index < -0.39 is 32.3 Å². The second kappa shape index (κ2) is 6.83. The van der Waals surface area contributed by atoms with Gasteiger partial charge in [-0.25, -0.2) is 8.42 Å². The molecule has 1 aliphatic carbocycles. The van der Waals surface area contributed by atoms with Gasteiger partial charge in [-0.2, -0.15) is 13.2 Å². The summed E-state index contributed by atoms with van der Waals surface area (Å²) in [5.74, 6) is -1.11. The van der Waals surface area contributed by atoms with Crippen molar-refractivity contribution in [3.8, 4) is 0 Å². The van der Waals surface area contributed by atoms with Crippen LogP contribution in [0.4, 0.5) is 13.2 Å². The van der Waals surface area contributed by atoms with E-state index >= 15 is 0 Å². The zero-order valence-electron chi connectivity index (χ0n) is 13.3. The molecule has 1 aromatic rings. The van der Waals surface area contributed by atoms with Gasteiger partial charge >= 0.3 is 6.18 Å². The molecule has 140 valence electrons. The number of hydrogen-bond acceptors (Lipinski definition) is 4. The smallest absolute Gasteiger partial charge is 0.348 e. The van der Waals surface area contributed by atoms with E-state index in [1.54, 1.807) is 0 Å². The van der Waals surface area contributed by atoms with E-state index in [0.29, 0.717) is 38.9 Å². The highest BCUT2D eigenvalue weighted by atomic mass is 79.9. The molecule has 0 aromatic heterocycles. The maximum Gasteiger partial charge on any atom is 0.417 e. The zero-order chi connectivity index (χ0) is 18.3. The first-order valence-corrected chi connectivity index (χ1v) is 10.4. The van der Waals surface area contributed by atoms with Gasteiger partial charge in [0, 0.05) is 17.3 Å². The lowest BCUT2D eigenvalue weighted by Gasteiger charge is -2.35. The fourth-order valence-corrected chi connectivity index (χ4v) is 5.74. The summed E-state index contributed by atoms with van der Waals surface area (Å²) in [7, 11) is -4.05. The minimum absolute atomic E-state index is 0.189. The SMILES string of the molecule is O=S(=O)(CC1CCC2(CC1)OCCO2)c1ccc(Br)cc1C(F)(F)F. The van der Waals surface area contributed by atoms with Gasteiger partial charge in [-0.15, -0.1) is 0 Å². The van der Waals surface area contributed by atoms with Crippen LogP contribution < -0.4 is 0 Å². The first-order chi connectivity index (χ1) is 11.6. The van der Waals surface area contributed by atoms with Crippen LogP contribution in [0.15, 0.2) is 27.6 Å². The summed E-state index contributed by atoms with van der Waals surface area (Å²) >= 11 is 2.97. The van der Waals surface area contributed by atoms with E-state index in [0.717, 1.165) is 12.1 Å². The Labute approximate surface area is 152 Å². The van der Waals surface area contributed by atoms with Gasteiger partial charge in [-0.05, 0) is 37.0 Å². The number of alkyl halides is 3. The summed E-state index contributed by atoms with van der Waals surface area (Å²) in [5, 5.41) is 0. The highest BCUT2D eigenvalue weighted by Crippen LogP contribution is 2.41. The molecule has 4 nitrogen and oxygen atoms in total. The molecule has 1 spiro atoms. The average Bonchev–Trinajstić information content (AvgIpc) is 2.97. The van der Waals surface area contributed by atoms with Crippen LogP contribution in [0.3, 0.4) is 0 Å². The van der Waals surface area contributed by atoms with Crippen LogP contribution in [0.5, 0.6) is 0 Å². The maximum atomic E-state index is 13.2. The van der Waals surface area contributed by atoms with Gasteiger partial charge in [-0.3, -0.25) is 0 Å². The van der Waals surface area contributed by atoms with Gasteiger partial charge in [0.25, 0.3) is 0 Å². The van der Waals surface area contributed by atoms with Crippen molar-refractivity contribution in [3.63, 3.8) is 0 Å². The number of rotatable bonds is 3. The molecule has 3 rings (SSSR count). The quantitative estimate of drug-likeness (QED) is 0.704. The van der Waals surface area contributed by atoms with Crippen molar-refractivity contribution in [2.75, 3.05) is 19.0 Å². The Morgan fingerprint density at radius 3 is 2.32 bits per heavy atom. The summed E-state index contributed by atoms with van der Waals surface area (Å²) in [6.45, 7) is 1.05. The Morgan fingerprint density at radius 2 is 1.76 bits per heavy atom. The van der Waals surface area contributed by atoms with E-state index in [4.69, 9.17) is 9.47 Å². The molecule has 1 saturated carbocycles. The molecule has 0 radical (unpaired) electrons. The molecule has 0 N–H and O–H groups in total. The number of benzene rings is 1. The Bertz CT molecular complexity index is 732. The number of halogens is 4. The van der Waals surface area contributed by atoms with Crippen LogP contribution in [0.2, 0.25) is 0 Å². The highest BCUT2D eigenvalue weighted by molar-refractivity contribution is 9.10. The molecule has 0 unspecified atom stereocenters. The fraction of sp³-hybridized carbons (Fsp3) is 0.625. The normalized spacial score (nSPS) is 21.8. The van der Waals surface area contributed by atoms with Crippen LogP contribution in [0, 0.1) is 5.92 Å². The molecule has 2 fully saturated rings. The van der Waals surface area contributed by atoms with Gasteiger partial charge in [-0.1, -0.05) is 15.9 Å². The zero-order valence-corrected chi connectivity index (χ0v) is 15.7. The van der Waals surface area contributed by atoms with Gasteiger partial charge < -0.3 is 9.47 Å². The molecule has 1 aliphatic heterocycles. The third-order valence-electron chi connectivity index (χ3n) is 4.72. The van der Waals surface area contributed by atoms with Crippen molar-refractivity contribution in [2.45, 2.75) is 42.5 Å². The van der Waals surface area contributed by atoms with Gasteiger partial charge in [0.15, 0.2) is 15.6 Å². The van der Waals surface area contributed by atoms with Crippen molar-refractivity contribution < 1.29 is 31.1 Å². The largest absolute Gasteiger partial charge is 0.417 e. The molecular formula is C16H18BrF3O4S.